The van der Waals surface area contributed by atoms with E-state index < -0.39 is 0 Å². The monoisotopic (exact) mass is 391 g/mol. The van der Waals surface area contributed by atoms with Crippen LogP contribution in [0.15, 0.2) is 59.1 Å². The number of anilines is 1. The van der Waals surface area contributed by atoms with Crippen LogP contribution < -0.4 is 15.4 Å². The highest BCUT2D eigenvalue weighted by molar-refractivity contribution is 5.94. The van der Waals surface area contributed by atoms with Gasteiger partial charge in [0.05, 0.1) is 0 Å². The van der Waals surface area contributed by atoms with Gasteiger partial charge in [-0.15, -0.1) is 0 Å². The maximum atomic E-state index is 12.2. The largest absolute Gasteiger partial charge is 0.486 e. The Balaban J connectivity index is 1.28. The number of nitrogens with zero attached hydrogens (tertiary/aromatic N) is 1. The van der Waals surface area contributed by atoms with Crippen LogP contribution in [0.1, 0.15) is 34.0 Å². The van der Waals surface area contributed by atoms with Crippen molar-refractivity contribution in [2.24, 2.45) is 0 Å². The van der Waals surface area contributed by atoms with Gasteiger partial charge in [0.15, 0.2) is 5.76 Å². The van der Waals surface area contributed by atoms with Crippen molar-refractivity contribution in [1.29, 1.82) is 0 Å². The number of hydrogen-bond acceptors (Lipinski definition) is 5. The molecule has 0 radical (unpaired) electrons. The van der Waals surface area contributed by atoms with Crippen molar-refractivity contribution in [2.45, 2.75) is 25.9 Å². The highest BCUT2D eigenvalue weighted by Gasteiger charge is 2.15. The van der Waals surface area contributed by atoms with E-state index in [-0.39, 0.29) is 24.2 Å². The van der Waals surface area contributed by atoms with Crippen LogP contribution in [0.25, 0.3) is 0 Å². The molecule has 148 valence electrons. The molecule has 0 spiro atoms. The summed E-state index contributed by atoms with van der Waals surface area (Å²) in [7, 11) is 0. The third kappa shape index (κ3) is 4.82. The van der Waals surface area contributed by atoms with Gasteiger partial charge in [-0.25, -0.2) is 0 Å². The third-order valence-corrected chi connectivity index (χ3v) is 4.63. The first kappa shape index (κ1) is 18.7. The molecular formula is C22H21N3O4. The SMILES string of the molecule is O=C1CCc2cc(OCc3ccc(C(=O)NCCc4ccccn4)o3)ccc2N1. The van der Waals surface area contributed by atoms with Crippen LogP contribution in [0.5, 0.6) is 5.75 Å². The number of aromatic nitrogens is 1. The summed E-state index contributed by atoms with van der Waals surface area (Å²) in [5.74, 6) is 1.27. The van der Waals surface area contributed by atoms with Crippen molar-refractivity contribution in [3.05, 3.63) is 77.5 Å². The molecule has 1 aliphatic rings. The number of hydrogen-bond donors (Lipinski definition) is 2. The van der Waals surface area contributed by atoms with Gasteiger partial charge < -0.3 is 19.8 Å². The fourth-order valence-corrected chi connectivity index (χ4v) is 3.12. The predicted octanol–water partition coefficient (Wildman–Crippen LogP) is 3.11. The summed E-state index contributed by atoms with van der Waals surface area (Å²) >= 11 is 0. The Morgan fingerprint density at radius 2 is 2.10 bits per heavy atom. The quantitative estimate of drug-likeness (QED) is 0.645. The first-order valence-corrected chi connectivity index (χ1v) is 9.50. The molecule has 2 N–H and O–H groups in total. The number of carbonyl (C=O) groups excluding carboxylic acids is 2. The number of pyridine rings is 1. The van der Waals surface area contributed by atoms with E-state index in [9.17, 15) is 9.59 Å². The Morgan fingerprint density at radius 3 is 2.97 bits per heavy atom. The van der Waals surface area contributed by atoms with Gasteiger partial charge in [0.2, 0.25) is 5.91 Å². The van der Waals surface area contributed by atoms with Gasteiger partial charge in [-0.05, 0) is 54.4 Å². The van der Waals surface area contributed by atoms with Gasteiger partial charge >= 0.3 is 0 Å². The number of benzene rings is 1. The molecule has 1 aliphatic heterocycles. The molecule has 2 aromatic heterocycles. The smallest absolute Gasteiger partial charge is 0.287 e. The van der Waals surface area contributed by atoms with Crippen molar-refractivity contribution < 1.29 is 18.7 Å². The second-order valence-electron chi connectivity index (χ2n) is 6.75. The molecule has 7 nitrogen and oxygen atoms in total. The average Bonchev–Trinajstić information content (AvgIpc) is 3.22. The summed E-state index contributed by atoms with van der Waals surface area (Å²) in [5, 5.41) is 5.67. The molecular weight excluding hydrogens is 370 g/mol. The van der Waals surface area contributed by atoms with Crippen LogP contribution >= 0.6 is 0 Å². The van der Waals surface area contributed by atoms with E-state index in [1.54, 1.807) is 24.4 Å². The maximum Gasteiger partial charge on any atom is 0.287 e. The topological polar surface area (TPSA) is 93.5 Å². The zero-order valence-corrected chi connectivity index (χ0v) is 15.8. The van der Waals surface area contributed by atoms with Gasteiger partial charge in [0.25, 0.3) is 5.91 Å². The summed E-state index contributed by atoms with van der Waals surface area (Å²) in [4.78, 5) is 27.9. The van der Waals surface area contributed by atoms with Crippen LogP contribution in [-0.2, 0) is 24.2 Å². The van der Waals surface area contributed by atoms with Crippen molar-refractivity contribution >= 4 is 17.5 Å². The van der Waals surface area contributed by atoms with Gasteiger partial charge in [-0.1, -0.05) is 6.07 Å². The van der Waals surface area contributed by atoms with E-state index in [4.69, 9.17) is 9.15 Å². The predicted molar refractivity (Wildman–Crippen MR) is 107 cm³/mol. The van der Waals surface area contributed by atoms with E-state index in [0.29, 0.717) is 37.3 Å². The Morgan fingerprint density at radius 1 is 1.17 bits per heavy atom. The number of nitrogens with one attached hydrogen (secondary N) is 2. The average molecular weight is 391 g/mol. The molecule has 3 aromatic rings. The number of aryl methyl sites for hydroxylation is 1. The summed E-state index contributed by atoms with van der Waals surface area (Å²) in [6, 6.07) is 14.6. The lowest BCUT2D eigenvalue weighted by atomic mass is 10.0. The first-order valence-electron chi connectivity index (χ1n) is 9.50. The lowest BCUT2D eigenvalue weighted by Crippen LogP contribution is -2.25. The Bertz CT molecular complexity index is 1010. The molecule has 4 rings (SSSR count). The highest BCUT2D eigenvalue weighted by atomic mass is 16.5. The standard InChI is InChI=1S/C22H21N3O4/c26-21-9-4-15-13-17(5-7-19(15)25-21)28-14-18-6-8-20(29-18)22(27)24-12-10-16-3-1-2-11-23-16/h1-3,5-8,11,13H,4,9-10,12,14H2,(H,24,27)(H,25,26). The lowest BCUT2D eigenvalue weighted by molar-refractivity contribution is -0.116. The molecule has 0 aliphatic carbocycles. The fourth-order valence-electron chi connectivity index (χ4n) is 3.12. The zero-order chi connectivity index (χ0) is 20.1. The first-order chi connectivity index (χ1) is 14.2. The molecule has 29 heavy (non-hydrogen) atoms. The van der Waals surface area contributed by atoms with Crippen molar-refractivity contribution in [1.82, 2.24) is 10.3 Å². The Kier molecular flexibility index (Phi) is 5.56. The zero-order valence-electron chi connectivity index (χ0n) is 15.8. The molecule has 2 amide bonds. The number of carbonyl (C=O) groups is 2. The van der Waals surface area contributed by atoms with Crippen molar-refractivity contribution in [3.63, 3.8) is 0 Å². The molecule has 0 fully saturated rings. The lowest BCUT2D eigenvalue weighted by Gasteiger charge is -2.17. The second-order valence-corrected chi connectivity index (χ2v) is 6.75. The number of amides is 2. The third-order valence-electron chi connectivity index (χ3n) is 4.63. The summed E-state index contributed by atoms with van der Waals surface area (Å²) < 4.78 is 11.4. The molecule has 0 unspecified atom stereocenters. The van der Waals surface area contributed by atoms with Crippen molar-refractivity contribution in [3.8, 4) is 5.75 Å². The van der Waals surface area contributed by atoms with Gasteiger partial charge in [-0.2, -0.15) is 0 Å². The van der Waals surface area contributed by atoms with Gasteiger partial charge in [0, 0.05) is 37.0 Å². The minimum atomic E-state index is -0.267. The van der Waals surface area contributed by atoms with Gasteiger partial charge in [-0.3, -0.25) is 14.6 Å². The summed E-state index contributed by atoms with van der Waals surface area (Å²) in [6.07, 6.45) is 3.56. The molecule has 7 heteroatoms. The number of rotatable bonds is 7. The van der Waals surface area contributed by atoms with Crippen LogP contribution in [0.4, 0.5) is 5.69 Å². The summed E-state index contributed by atoms with van der Waals surface area (Å²) in [6.45, 7) is 0.695. The second kappa shape index (κ2) is 8.60. The van der Waals surface area contributed by atoms with E-state index in [1.165, 1.54) is 0 Å². The van der Waals surface area contributed by atoms with E-state index in [2.05, 4.69) is 15.6 Å². The van der Waals surface area contributed by atoms with Crippen LogP contribution in [0, 0.1) is 0 Å². The molecule has 0 bridgehead atoms. The van der Waals surface area contributed by atoms with E-state index >= 15 is 0 Å². The highest BCUT2D eigenvalue weighted by Crippen LogP contribution is 2.27. The van der Waals surface area contributed by atoms with E-state index in [0.717, 1.165) is 16.9 Å². The maximum absolute atomic E-state index is 12.2. The normalized spacial score (nSPS) is 12.8. The Labute approximate surface area is 168 Å². The fraction of sp³-hybridized carbons (Fsp3) is 0.227. The molecule has 3 heterocycles. The molecule has 1 aromatic carbocycles. The number of ether oxygens (including phenoxy) is 1. The minimum Gasteiger partial charge on any atom is -0.486 e. The molecule has 0 saturated heterocycles. The molecule has 0 atom stereocenters. The minimum absolute atomic E-state index is 0.0348. The van der Waals surface area contributed by atoms with Crippen LogP contribution in [0.3, 0.4) is 0 Å². The molecule has 0 saturated carbocycles. The summed E-state index contributed by atoms with van der Waals surface area (Å²) in [5.41, 5.74) is 2.80. The number of furan rings is 1. The van der Waals surface area contributed by atoms with Gasteiger partial charge in [0.1, 0.15) is 18.1 Å². The van der Waals surface area contributed by atoms with Crippen LogP contribution in [0.2, 0.25) is 0 Å². The van der Waals surface area contributed by atoms with E-state index in [1.807, 2.05) is 30.3 Å². The van der Waals surface area contributed by atoms with Crippen LogP contribution in [-0.4, -0.2) is 23.3 Å². The number of fused-ring (bicyclic) bond motifs is 1. The van der Waals surface area contributed by atoms with Crippen molar-refractivity contribution in [2.75, 3.05) is 11.9 Å². The Hall–Kier alpha value is -3.61.